The number of aromatic nitrogens is 1. The van der Waals surface area contributed by atoms with Gasteiger partial charge >= 0.3 is 0 Å². The number of pyridine rings is 1. The van der Waals surface area contributed by atoms with Crippen LogP contribution in [-0.2, 0) is 9.53 Å². The number of anilines is 1. The summed E-state index contributed by atoms with van der Waals surface area (Å²) in [4.78, 5) is 19.0. The third kappa shape index (κ3) is 3.82. The molecule has 1 fully saturated rings. The molecule has 4 heteroatoms. The fraction of sp³-hybridized carbons (Fsp3) is 0.400. The van der Waals surface area contributed by atoms with Gasteiger partial charge in [-0.3, -0.25) is 4.79 Å². The summed E-state index contributed by atoms with van der Waals surface area (Å²) >= 11 is 0. The number of hydrogen-bond acceptors (Lipinski definition) is 4. The fourth-order valence-electron chi connectivity index (χ4n) is 3.17. The predicted octanol–water partition coefficient (Wildman–Crippen LogP) is 3.55. The first-order chi connectivity index (χ1) is 11.6. The van der Waals surface area contributed by atoms with Gasteiger partial charge in [0.25, 0.3) is 0 Å². The maximum absolute atomic E-state index is 12.1. The molecule has 2 unspecified atom stereocenters. The molecule has 2 heterocycles. The Hall–Kier alpha value is -2.20. The molecule has 24 heavy (non-hydrogen) atoms. The van der Waals surface area contributed by atoms with Crippen LogP contribution in [0.25, 0.3) is 6.08 Å². The average molecular weight is 324 g/mol. The molecular formula is C20H24N2O2. The van der Waals surface area contributed by atoms with E-state index in [2.05, 4.69) is 23.7 Å². The highest BCUT2D eigenvalue weighted by Crippen LogP contribution is 2.22. The zero-order valence-corrected chi connectivity index (χ0v) is 14.3. The van der Waals surface area contributed by atoms with Crippen LogP contribution in [-0.4, -0.2) is 36.1 Å². The molecule has 0 amide bonds. The smallest absolute Gasteiger partial charge is 0.185 e. The molecule has 4 nitrogen and oxygen atoms in total. The Balaban J connectivity index is 1.68. The van der Waals surface area contributed by atoms with E-state index in [1.165, 1.54) is 0 Å². The molecule has 1 aliphatic heterocycles. The van der Waals surface area contributed by atoms with Crippen LogP contribution >= 0.6 is 0 Å². The van der Waals surface area contributed by atoms with Crippen molar-refractivity contribution in [3.63, 3.8) is 0 Å². The van der Waals surface area contributed by atoms with Crippen LogP contribution in [0.4, 0.5) is 5.82 Å². The third-order valence-electron chi connectivity index (χ3n) is 4.41. The van der Waals surface area contributed by atoms with Crippen molar-refractivity contribution in [2.75, 3.05) is 18.1 Å². The molecule has 0 saturated carbocycles. The monoisotopic (exact) mass is 324 g/mol. The molecule has 2 aliphatic rings. The van der Waals surface area contributed by atoms with Gasteiger partial charge in [0.15, 0.2) is 5.78 Å². The maximum Gasteiger partial charge on any atom is 0.185 e. The van der Waals surface area contributed by atoms with Gasteiger partial charge in [-0.1, -0.05) is 18.2 Å². The van der Waals surface area contributed by atoms with E-state index >= 15 is 0 Å². The molecule has 1 aromatic rings. The summed E-state index contributed by atoms with van der Waals surface area (Å²) in [6.45, 7) is 5.75. The van der Waals surface area contributed by atoms with Crippen LogP contribution < -0.4 is 4.90 Å². The van der Waals surface area contributed by atoms with E-state index in [-0.39, 0.29) is 5.78 Å². The van der Waals surface area contributed by atoms with E-state index < -0.39 is 0 Å². The first kappa shape index (κ1) is 16.7. The largest absolute Gasteiger partial charge is 0.377 e. The molecule has 2 atom stereocenters. The van der Waals surface area contributed by atoms with Crippen LogP contribution in [0.1, 0.15) is 32.3 Å². The number of carbonyl (C=O) groups is 1. The molecule has 1 saturated heterocycles. The Labute approximate surface area is 143 Å². The topological polar surface area (TPSA) is 42.4 Å². The number of carbonyl (C=O) groups excluding carboxylic acids is 1. The van der Waals surface area contributed by atoms with E-state index in [0.717, 1.165) is 43.0 Å². The minimum absolute atomic E-state index is 0.0467. The van der Waals surface area contributed by atoms with Gasteiger partial charge in [0.05, 0.1) is 25.3 Å². The van der Waals surface area contributed by atoms with Gasteiger partial charge in [-0.15, -0.1) is 0 Å². The van der Waals surface area contributed by atoms with Crippen LogP contribution in [0.3, 0.4) is 0 Å². The minimum Gasteiger partial charge on any atom is -0.377 e. The molecular weight excluding hydrogens is 300 g/mol. The Morgan fingerprint density at radius 3 is 2.67 bits per heavy atom. The average Bonchev–Trinajstić information content (AvgIpc) is 2.61. The van der Waals surface area contributed by atoms with Crippen LogP contribution in [0.15, 0.2) is 48.2 Å². The molecule has 0 aromatic carbocycles. The number of allylic oxidation sites excluding steroid dienone is 5. The quantitative estimate of drug-likeness (QED) is 0.794. The van der Waals surface area contributed by atoms with Crippen molar-refractivity contribution < 1.29 is 9.53 Å². The lowest BCUT2D eigenvalue weighted by molar-refractivity contribution is -0.111. The van der Waals surface area contributed by atoms with Gasteiger partial charge in [0.1, 0.15) is 5.82 Å². The summed E-state index contributed by atoms with van der Waals surface area (Å²) in [5.74, 6) is 1.00. The highest BCUT2D eigenvalue weighted by atomic mass is 16.5. The summed E-state index contributed by atoms with van der Waals surface area (Å²) in [6, 6.07) is 4.65. The Morgan fingerprint density at radius 2 is 2.04 bits per heavy atom. The normalized spacial score (nSPS) is 24.2. The highest BCUT2D eigenvalue weighted by Gasteiger charge is 2.26. The summed E-state index contributed by atoms with van der Waals surface area (Å²) in [5.41, 5.74) is 1.71. The first-order valence-corrected chi connectivity index (χ1v) is 8.56. The van der Waals surface area contributed by atoms with Gasteiger partial charge in [-0.25, -0.2) is 4.98 Å². The zero-order chi connectivity index (χ0) is 16.9. The maximum atomic E-state index is 12.1. The second-order valence-corrected chi connectivity index (χ2v) is 6.43. The van der Waals surface area contributed by atoms with Crippen molar-refractivity contribution in [2.24, 2.45) is 0 Å². The Morgan fingerprint density at radius 1 is 1.25 bits per heavy atom. The van der Waals surface area contributed by atoms with Crippen molar-refractivity contribution in [3.05, 3.63) is 53.8 Å². The number of ketones is 1. The molecule has 0 radical (unpaired) electrons. The lowest BCUT2D eigenvalue weighted by atomic mass is 10.0. The Bertz CT molecular complexity index is 663. The van der Waals surface area contributed by atoms with Crippen molar-refractivity contribution >= 4 is 17.7 Å². The lowest BCUT2D eigenvalue weighted by Crippen LogP contribution is -2.50. The van der Waals surface area contributed by atoms with Crippen molar-refractivity contribution in [1.29, 1.82) is 0 Å². The molecule has 3 rings (SSSR count). The number of morpholine rings is 1. The Kier molecular flexibility index (Phi) is 5.26. The van der Waals surface area contributed by atoms with Gasteiger partial charge in [0.2, 0.25) is 0 Å². The van der Waals surface area contributed by atoms with E-state index in [1.807, 2.05) is 42.6 Å². The molecule has 0 spiro atoms. The van der Waals surface area contributed by atoms with E-state index in [1.54, 1.807) is 6.08 Å². The summed E-state index contributed by atoms with van der Waals surface area (Å²) in [5, 5.41) is 0. The predicted molar refractivity (Wildman–Crippen MR) is 97.0 cm³/mol. The molecule has 1 aromatic heterocycles. The van der Waals surface area contributed by atoms with Crippen molar-refractivity contribution in [3.8, 4) is 0 Å². The van der Waals surface area contributed by atoms with Gasteiger partial charge in [0, 0.05) is 11.8 Å². The molecule has 0 N–H and O–H groups in total. The number of hydrogen-bond donors (Lipinski definition) is 0. The fourth-order valence-corrected chi connectivity index (χ4v) is 3.17. The number of rotatable bonds is 4. The second kappa shape index (κ2) is 7.58. The van der Waals surface area contributed by atoms with Gasteiger partial charge < -0.3 is 9.64 Å². The van der Waals surface area contributed by atoms with Crippen molar-refractivity contribution in [1.82, 2.24) is 4.98 Å². The first-order valence-electron chi connectivity index (χ1n) is 8.56. The number of nitrogens with zero attached hydrogens (tertiary/aromatic N) is 2. The standard InChI is InChI=1S/C20H24N2O2/c1-15-13-24-14-16(2)22(15)20-11-9-17(12-21-20)8-10-19(23)18-6-4-3-5-7-18/h4,6-12,15-16H,3,5,13-14H2,1-2H3. The second-order valence-electron chi connectivity index (χ2n) is 6.43. The summed E-state index contributed by atoms with van der Waals surface area (Å²) in [6.07, 6.45) is 13.2. The van der Waals surface area contributed by atoms with Gasteiger partial charge in [-0.2, -0.15) is 0 Å². The summed E-state index contributed by atoms with van der Waals surface area (Å²) in [7, 11) is 0. The lowest BCUT2D eigenvalue weighted by Gasteiger charge is -2.39. The van der Waals surface area contributed by atoms with Gasteiger partial charge in [-0.05, 0) is 56.5 Å². The SMILES string of the molecule is CC1COCC(C)N1c1ccc(C=CC(=O)C2=CCCC=C2)cn1. The molecule has 1 aliphatic carbocycles. The molecule has 0 bridgehead atoms. The van der Waals surface area contributed by atoms with E-state index in [9.17, 15) is 4.79 Å². The van der Waals surface area contributed by atoms with Crippen LogP contribution in [0, 0.1) is 0 Å². The zero-order valence-electron chi connectivity index (χ0n) is 14.3. The number of ether oxygens (including phenoxy) is 1. The minimum atomic E-state index is 0.0467. The van der Waals surface area contributed by atoms with Crippen LogP contribution in [0.2, 0.25) is 0 Å². The summed E-state index contributed by atoms with van der Waals surface area (Å²) < 4.78 is 5.56. The van der Waals surface area contributed by atoms with Crippen molar-refractivity contribution in [2.45, 2.75) is 38.8 Å². The third-order valence-corrected chi connectivity index (χ3v) is 4.41. The van der Waals surface area contributed by atoms with Crippen LogP contribution in [0.5, 0.6) is 0 Å². The van der Waals surface area contributed by atoms with E-state index in [4.69, 9.17) is 4.74 Å². The molecule has 126 valence electrons. The van der Waals surface area contributed by atoms with E-state index in [0.29, 0.717) is 12.1 Å². The highest BCUT2D eigenvalue weighted by molar-refractivity contribution is 6.08.